The van der Waals surface area contributed by atoms with E-state index in [0.717, 1.165) is 45.2 Å². The van der Waals surface area contributed by atoms with Crippen molar-refractivity contribution in [2.45, 2.75) is 51.2 Å². The van der Waals surface area contributed by atoms with Crippen LogP contribution in [0.3, 0.4) is 0 Å². The van der Waals surface area contributed by atoms with Gasteiger partial charge in [-0.25, -0.2) is 4.39 Å². The van der Waals surface area contributed by atoms with Crippen molar-refractivity contribution >= 4 is 11.9 Å². The third-order valence-electron chi connectivity index (χ3n) is 7.09. The van der Waals surface area contributed by atoms with E-state index in [1.165, 1.54) is 13.2 Å². The molecule has 3 aliphatic rings. The van der Waals surface area contributed by atoms with Crippen LogP contribution < -0.4 is 0 Å². The van der Waals surface area contributed by atoms with Gasteiger partial charge in [0.05, 0.1) is 19.8 Å². The summed E-state index contributed by atoms with van der Waals surface area (Å²) in [6.45, 7) is 5.39. The molecule has 0 unspecified atom stereocenters. The van der Waals surface area contributed by atoms with Crippen LogP contribution in [0.1, 0.15) is 48.0 Å². The quantitative estimate of drug-likeness (QED) is 0.704. The first-order valence-electron chi connectivity index (χ1n) is 10.9. The topological polar surface area (TPSA) is 59.1 Å². The Bertz CT molecular complexity index is 806. The summed E-state index contributed by atoms with van der Waals surface area (Å²) in [5.74, 6) is -0.592. The molecule has 3 saturated heterocycles. The number of hydrogen-bond acceptors (Lipinski definition) is 5. The number of piperidine rings is 1. The Balaban J connectivity index is 1.31. The fraction of sp³-hybridized carbons (Fsp3) is 0.652. The van der Waals surface area contributed by atoms with E-state index in [-0.39, 0.29) is 35.3 Å². The molecule has 2 atom stereocenters. The summed E-state index contributed by atoms with van der Waals surface area (Å²) in [6, 6.07) is 4.55. The van der Waals surface area contributed by atoms with Crippen molar-refractivity contribution in [2.24, 2.45) is 5.41 Å². The molecule has 3 heterocycles. The predicted octanol–water partition coefficient (Wildman–Crippen LogP) is 2.78. The van der Waals surface area contributed by atoms with E-state index in [0.29, 0.717) is 30.8 Å². The monoisotopic (exact) mass is 418 g/mol. The molecular formula is C23H31FN2O4. The van der Waals surface area contributed by atoms with Crippen molar-refractivity contribution < 1.29 is 23.5 Å². The molecule has 1 aromatic rings. The van der Waals surface area contributed by atoms with Gasteiger partial charge in [-0.15, -0.1) is 0 Å². The van der Waals surface area contributed by atoms with Crippen molar-refractivity contribution in [1.82, 2.24) is 9.80 Å². The summed E-state index contributed by atoms with van der Waals surface area (Å²) >= 11 is 0. The lowest BCUT2D eigenvalue weighted by atomic mass is 9.76. The maximum Gasteiger partial charge on any atom is 0.323 e. The smallest absolute Gasteiger partial charge is 0.323 e. The molecule has 4 rings (SSSR count). The van der Waals surface area contributed by atoms with Crippen molar-refractivity contribution in [3.8, 4) is 0 Å². The Morgan fingerprint density at radius 2 is 2.03 bits per heavy atom. The summed E-state index contributed by atoms with van der Waals surface area (Å²) in [4.78, 5) is 28.8. The highest BCUT2D eigenvalue weighted by Crippen LogP contribution is 2.42. The molecule has 0 aromatic heterocycles. The number of nitrogens with zero attached hydrogens (tertiary/aromatic N) is 2. The highest BCUT2D eigenvalue weighted by molar-refractivity contribution is 5.94. The van der Waals surface area contributed by atoms with E-state index in [9.17, 15) is 14.0 Å². The number of benzene rings is 1. The van der Waals surface area contributed by atoms with Gasteiger partial charge in [0.15, 0.2) is 0 Å². The number of methoxy groups -OCH3 is 1. The summed E-state index contributed by atoms with van der Waals surface area (Å²) in [6.07, 6.45) is 4.71. The van der Waals surface area contributed by atoms with E-state index < -0.39 is 0 Å². The van der Waals surface area contributed by atoms with Gasteiger partial charge in [0.25, 0.3) is 5.91 Å². The van der Waals surface area contributed by atoms with Crippen molar-refractivity contribution in [3.63, 3.8) is 0 Å². The van der Waals surface area contributed by atoms with Crippen LogP contribution in [0.25, 0.3) is 0 Å². The van der Waals surface area contributed by atoms with Gasteiger partial charge in [-0.1, -0.05) is 6.07 Å². The number of carbonyl (C=O) groups excluding carboxylic acids is 2. The van der Waals surface area contributed by atoms with Gasteiger partial charge in [0, 0.05) is 25.2 Å². The fourth-order valence-corrected chi connectivity index (χ4v) is 5.16. The van der Waals surface area contributed by atoms with Gasteiger partial charge in [0.1, 0.15) is 11.9 Å². The molecule has 3 aliphatic heterocycles. The van der Waals surface area contributed by atoms with Crippen LogP contribution in [-0.2, 0) is 14.3 Å². The third kappa shape index (κ3) is 4.23. The maximum absolute atomic E-state index is 13.8. The van der Waals surface area contributed by atoms with Crippen LogP contribution in [0.2, 0.25) is 0 Å². The Morgan fingerprint density at radius 1 is 1.27 bits per heavy atom. The van der Waals surface area contributed by atoms with Crippen LogP contribution in [0, 0.1) is 18.2 Å². The number of ether oxygens (including phenoxy) is 2. The van der Waals surface area contributed by atoms with Crippen LogP contribution in [0.5, 0.6) is 0 Å². The average molecular weight is 419 g/mol. The lowest BCUT2D eigenvalue weighted by Crippen LogP contribution is -2.44. The van der Waals surface area contributed by atoms with Gasteiger partial charge >= 0.3 is 5.97 Å². The molecule has 3 fully saturated rings. The summed E-state index contributed by atoms with van der Waals surface area (Å²) in [5, 5.41) is 0. The molecule has 1 amide bonds. The zero-order valence-corrected chi connectivity index (χ0v) is 17.9. The highest BCUT2D eigenvalue weighted by Gasteiger charge is 2.44. The van der Waals surface area contributed by atoms with E-state index in [1.54, 1.807) is 19.1 Å². The van der Waals surface area contributed by atoms with Crippen LogP contribution in [0.15, 0.2) is 18.2 Å². The Morgan fingerprint density at radius 3 is 2.73 bits per heavy atom. The minimum atomic E-state index is -0.339. The molecule has 6 nitrogen and oxygen atoms in total. The van der Waals surface area contributed by atoms with Crippen molar-refractivity contribution in [1.29, 1.82) is 0 Å². The largest absolute Gasteiger partial charge is 0.468 e. The Labute approximate surface area is 177 Å². The second kappa shape index (κ2) is 8.63. The zero-order chi connectivity index (χ0) is 21.3. The lowest BCUT2D eigenvalue weighted by molar-refractivity contribution is -0.146. The van der Waals surface area contributed by atoms with Crippen LogP contribution in [-0.4, -0.2) is 73.7 Å². The summed E-state index contributed by atoms with van der Waals surface area (Å²) < 4.78 is 24.9. The summed E-state index contributed by atoms with van der Waals surface area (Å²) in [7, 11) is 1.44. The Hall–Kier alpha value is -1.99. The van der Waals surface area contributed by atoms with Crippen LogP contribution in [0.4, 0.5) is 4.39 Å². The van der Waals surface area contributed by atoms with E-state index in [2.05, 4.69) is 4.90 Å². The first-order chi connectivity index (χ1) is 14.4. The molecule has 1 spiro atoms. The van der Waals surface area contributed by atoms with Crippen molar-refractivity contribution in [2.75, 3.05) is 39.9 Å². The predicted molar refractivity (Wildman–Crippen MR) is 110 cm³/mol. The molecule has 0 saturated carbocycles. The zero-order valence-electron chi connectivity index (χ0n) is 17.9. The number of esters is 1. The number of rotatable bonds is 4. The SMILES string of the molecule is COC(=O)[C@@H]1CCCN1C[C@H]1CC2(CCN(C(=O)c3ccc(C)c(F)c3)CC2)CO1. The Kier molecular flexibility index (Phi) is 6.11. The molecule has 1 aromatic carbocycles. The first kappa shape index (κ1) is 21.2. The van der Waals surface area contributed by atoms with E-state index in [1.807, 2.05) is 4.90 Å². The van der Waals surface area contributed by atoms with Gasteiger partial charge < -0.3 is 14.4 Å². The second-order valence-corrected chi connectivity index (χ2v) is 9.07. The first-order valence-corrected chi connectivity index (χ1v) is 10.9. The molecule has 0 bridgehead atoms. The maximum atomic E-state index is 13.8. The van der Waals surface area contributed by atoms with Crippen molar-refractivity contribution in [3.05, 3.63) is 35.1 Å². The lowest BCUT2D eigenvalue weighted by Gasteiger charge is -2.38. The minimum Gasteiger partial charge on any atom is -0.468 e. The molecule has 164 valence electrons. The van der Waals surface area contributed by atoms with Crippen LogP contribution >= 0.6 is 0 Å². The minimum absolute atomic E-state index is 0.0977. The molecule has 7 heteroatoms. The number of hydrogen-bond donors (Lipinski definition) is 0. The van der Waals surface area contributed by atoms with Gasteiger partial charge in [-0.05, 0) is 68.7 Å². The molecule has 30 heavy (non-hydrogen) atoms. The fourth-order valence-electron chi connectivity index (χ4n) is 5.16. The van der Waals surface area contributed by atoms with E-state index >= 15 is 0 Å². The number of carbonyl (C=O) groups is 2. The van der Waals surface area contributed by atoms with Gasteiger partial charge in [-0.3, -0.25) is 14.5 Å². The summed E-state index contributed by atoms with van der Waals surface area (Å²) in [5.41, 5.74) is 1.06. The molecule has 0 N–H and O–H groups in total. The highest BCUT2D eigenvalue weighted by atomic mass is 19.1. The molecule has 0 aliphatic carbocycles. The number of halogens is 1. The number of likely N-dealkylation sites (tertiary alicyclic amines) is 2. The third-order valence-corrected chi connectivity index (χ3v) is 7.09. The standard InChI is InChI=1S/C23H31FN2O4/c1-16-5-6-17(12-19(16)24)21(27)25-10-7-23(8-11-25)13-18(30-15-23)14-26-9-3-4-20(26)22(28)29-2/h5-6,12,18,20H,3-4,7-11,13-15H2,1-2H3/t18-,20+/m1/s1. The molecule has 0 radical (unpaired) electrons. The normalized spacial score (nSPS) is 26.3. The molecular weight excluding hydrogens is 387 g/mol. The average Bonchev–Trinajstić information content (AvgIpc) is 3.37. The van der Waals surface area contributed by atoms with Gasteiger partial charge in [-0.2, -0.15) is 0 Å². The number of aryl methyl sites for hydroxylation is 1. The number of amides is 1. The second-order valence-electron chi connectivity index (χ2n) is 9.07. The van der Waals surface area contributed by atoms with E-state index in [4.69, 9.17) is 9.47 Å². The van der Waals surface area contributed by atoms with Gasteiger partial charge in [0.2, 0.25) is 0 Å².